The maximum Gasteiger partial charge on any atom is 0.411 e. The predicted octanol–water partition coefficient (Wildman–Crippen LogP) is 4.44. The molecule has 1 aliphatic carbocycles. The first-order chi connectivity index (χ1) is 14.5. The van der Waals surface area contributed by atoms with E-state index in [1.54, 1.807) is 0 Å². The van der Waals surface area contributed by atoms with Crippen LogP contribution in [0.15, 0.2) is 66.7 Å². The highest BCUT2D eigenvalue weighted by Crippen LogP contribution is 2.44. The molecule has 150 valence electrons. The number of carbonyl (C=O) groups is 3. The van der Waals surface area contributed by atoms with E-state index in [-0.39, 0.29) is 29.3 Å². The van der Waals surface area contributed by atoms with Crippen LogP contribution >= 0.6 is 0 Å². The van der Waals surface area contributed by atoms with Gasteiger partial charge in [-0.2, -0.15) is 0 Å². The van der Waals surface area contributed by atoms with Crippen LogP contribution in [-0.2, 0) is 4.74 Å². The van der Waals surface area contributed by atoms with Crippen LogP contribution in [0.5, 0.6) is 0 Å². The monoisotopic (exact) mass is 403 g/mol. The first-order valence-electron chi connectivity index (χ1n) is 9.19. The highest BCUT2D eigenvalue weighted by molar-refractivity contribution is 6.06. The molecular weight excluding hydrogens is 386 g/mol. The lowest BCUT2D eigenvalue weighted by Gasteiger charge is -2.16. The van der Waals surface area contributed by atoms with Gasteiger partial charge in [-0.05, 0) is 34.4 Å². The van der Waals surface area contributed by atoms with Crippen molar-refractivity contribution in [2.45, 2.75) is 5.92 Å². The molecule has 0 radical (unpaired) electrons. The van der Waals surface area contributed by atoms with Crippen molar-refractivity contribution in [3.05, 3.63) is 89.0 Å². The van der Waals surface area contributed by atoms with E-state index in [1.165, 1.54) is 18.2 Å². The Morgan fingerprint density at radius 3 is 1.77 bits per heavy atom. The molecule has 3 aromatic rings. The topological polar surface area (TPSA) is 113 Å². The number of carboxylic acids is 2. The van der Waals surface area contributed by atoms with Crippen LogP contribution < -0.4 is 5.32 Å². The molecule has 0 unspecified atom stereocenters. The average molecular weight is 403 g/mol. The lowest BCUT2D eigenvalue weighted by Crippen LogP contribution is -2.21. The molecule has 0 aromatic heterocycles. The summed E-state index contributed by atoms with van der Waals surface area (Å²) in [7, 11) is 0. The number of para-hydroxylation sites is 1. The van der Waals surface area contributed by atoms with Crippen LogP contribution in [0, 0.1) is 0 Å². The maximum absolute atomic E-state index is 12.4. The fourth-order valence-electron chi connectivity index (χ4n) is 3.78. The van der Waals surface area contributed by atoms with Gasteiger partial charge in [-0.3, -0.25) is 5.32 Å². The predicted molar refractivity (Wildman–Crippen MR) is 109 cm³/mol. The van der Waals surface area contributed by atoms with Crippen molar-refractivity contribution >= 4 is 23.7 Å². The van der Waals surface area contributed by atoms with E-state index in [2.05, 4.69) is 5.32 Å². The summed E-state index contributed by atoms with van der Waals surface area (Å²) in [5, 5.41) is 20.9. The molecule has 4 rings (SSSR count). The van der Waals surface area contributed by atoms with Gasteiger partial charge in [0.05, 0.1) is 16.8 Å². The summed E-state index contributed by atoms with van der Waals surface area (Å²) in [6.07, 6.45) is -0.923. The molecule has 0 fully saturated rings. The van der Waals surface area contributed by atoms with Crippen LogP contribution in [0.4, 0.5) is 10.5 Å². The summed E-state index contributed by atoms with van der Waals surface area (Å²) in [4.78, 5) is 35.3. The van der Waals surface area contributed by atoms with E-state index < -0.39 is 18.0 Å². The van der Waals surface area contributed by atoms with Gasteiger partial charge >= 0.3 is 18.0 Å². The van der Waals surface area contributed by atoms with Gasteiger partial charge in [0.25, 0.3) is 0 Å². The zero-order valence-electron chi connectivity index (χ0n) is 15.7. The van der Waals surface area contributed by atoms with Gasteiger partial charge in [0.1, 0.15) is 6.61 Å². The van der Waals surface area contributed by atoms with Crippen LogP contribution in [0.25, 0.3) is 11.1 Å². The van der Waals surface area contributed by atoms with Crippen molar-refractivity contribution in [3.63, 3.8) is 0 Å². The Balaban J connectivity index is 1.56. The van der Waals surface area contributed by atoms with Crippen LogP contribution in [0.1, 0.15) is 37.8 Å². The van der Waals surface area contributed by atoms with Crippen LogP contribution in [0.2, 0.25) is 0 Å². The Hall–Kier alpha value is -4.13. The second kappa shape index (κ2) is 7.71. The fourth-order valence-corrected chi connectivity index (χ4v) is 3.78. The summed E-state index contributed by atoms with van der Waals surface area (Å²) < 4.78 is 5.38. The molecule has 0 heterocycles. The number of fused-ring (bicyclic) bond motifs is 3. The first kappa shape index (κ1) is 19.2. The smallest absolute Gasteiger partial charge is 0.411 e. The Bertz CT molecular complexity index is 1090. The molecule has 3 N–H and O–H groups in total. The molecule has 0 aliphatic heterocycles. The molecule has 30 heavy (non-hydrogen) atoms. The third-order valence-corrected chi connectivity index (χ3v) is 5.10. The van der Waals surface area contributed by atoms with E-state index in [0.29, 0.717) is 0 Å². The number of benzene rings is 3. The SMILES string of the molecule is O=C(Nc1c(C(=O)O)cccc1C(=O)O)OCC1c2ccccc2-c2ccccc21. The number of carboxylic acid groups (broad SMARTS) is 2. The molecule has 0 spiro atoms. The maximum atomic E-state index is 12.4. The quantitative estimate of drug-likeness (QED) is 0.580. The number of hydrogen-bond acceptors (Lipinski definition) is 4. The number of carbonyl (C=O) groups excluding carboxylic acids is 1. The van der Waals surface area contributed by atoms with Crippen molar-refractivity contribution in [1.82, 2.24) is 0 Å². The van der Waals surface area contributed by atoms with E-state index in [1.807, 2.05) is 48.5 Å². The standard InChI is InChI=1S/C23H17NO6/c25-21(26)17-10-5-11-18(22(27)28)20(17)24-23(29)30-12-19-15-8-3-1-6-13(15)14-7-2-4-9-16(14)19/h1-11,19H,12H2,(H,24,29)(H,25,26)(H,27,28). The molecule has 0 saturated carbocycles. The van der Waals surface area contributed by atoms with Gasteiger partial charge in [-0.1, -0.05) is 54.6 Å². The lowest BCUT2D eigenvalue weighted by molar-refractivity contribution is 0.0696. The van der Waals surface area contributed by atoms with Gasteiger partial charge in [-0.25, -0.2) is 14.4 Å². The second-order valence-electron chi connectivity index (χ2n) is 6.79. The summed E-state index contributed by atoms with van der Waals surface area (Å²) >= 11 is 0. The number of amides is 1. The molecule has 0 saturated heterocycles. The number of aromatic carboxylic acids is 2. The molecule has 7 nitrogen and oxygen atoms in total. The fraction of sp³-hybridized carbons (Fsp3) is 0.0870. The third-order valence-electron chi connectivity index (χ3n) is 5.10. The molecule has 0 atom stereocenters. The Morgan fingerprint density at radius 1 is 0.767 bits per heavy atom. The third kappa shape index (κ3) is 3.37. The lowest BCUT2D eigenvalue weighted by atomic mass is 9.98. The van der Waals surface area contributed by atoms with E-state index in [4.69, 9.17) is 4.74 Å². The summed E-state index contributed by atoms with van der Waals surface area (Å²) in [5.74, 6) is -2.88. The van der Waals surface area contributed by atoms with Crippen LogP contribution in [-0.4, -0.2) is 34.9 Å². The summed E-state index contributed by atoms with van der Waals surface area (Å²) in [5.41, 5.74) is 3.24. The van der Waals surface area contributed by atoms with Crippen molar-refractivity contribution in [2.24, 2.45) is 0 Å². The number of anilines is 1. The molecule has 1 amide bonds. The van der Waals surface area contributed by atoms with Gasteiger partial charge in [0, 0.05) is 5.92 Å². The minimum absolute atomic E-state index is 0.0253. The molecule has 1 aliphatic rings. The Kier molecular flexibility index (Phi) is 4.93. The van der Waals surface area contributed by atoms with Gasteiger partial charge in [0.2, 0.25) is 0 Å². The molecule has 7 heteroatoms. The number of hydrogen-bond donors (Lipinski definition) is 3. The number of rotatable bonds is 5. The largest absolute Gasteiger partial charge is 0.478 e. The second-order valence-corrected chi connectivity index (χ2v) is 6.79. The summed E-state index contributed by atoms with van der Waals surface area (Å²) in [6.45, 7) is 0.0253. The Morgan fingerprint density at radius 2 is 1.27 bits per heavy atom. The molecule has 0 bridgehead atoms. The molecule has 3 aromatic carbocycles. The average Bonchev–Trinajstić information content (AvgIpc) is 3.06. The normalized spacial score (nSPS) is 12.0. The number of nitrogens with one attached hydrogen (secondary N) is 1. The van der Waals surface area contributed by atoms with Crippen molar-refractivity contribution in [1.29, 1.82) is 0 Å². The minimum atomic E-state index is -1.35. The minimum Gasteiger partial charge on any atom is -0.478 e. The van der Waals surface area contributed by atoms with Gasteiger partial charge < -0.3 is 14.9 Å². The number of ether oxygens (including phenoxy) is 1. The van der Waals surface area contributed by atoms with Crippen molar-refractivity contribution in [2.75, 3.05) is 11.9 Å². The zero-order chi connectivity index (χ0) is 21.3. The summed E-state index contributed by atoms with van der Waals surface area (Å²) in [6, 6.07) is 19.4. The van der Waals surface area contributed by atoms with Crippen molar-refractivity contribution < 1.29 is 29.3 Å². The molecular formula is C23H17NO6. The van der Waals surface area contributed by atoms with E-state index >= 15 is 0 Å². The van der Waals surface area contributed by atoms with Crippen molar-refractivity contribution in [3.8, 4) is 11.1 Å². The van der Waals surface area contributed by atoms with Crippen LogP contribution in [0.3, 0.4) is 0 Å². The first-order valence-corrected chi connectivity index (χ1v) is 9.19. The zero-order valence-corrected chi connectivity index (χ0v) is 15.7. The highest BCUT2D eigenvalue weighted by Gasteiger charge is 2.29. The van der Waals surface area contributed by atoms with E-state index in [0.717, 1.165) is 22.3 Å². The van der Waals surface area contributed by atoms with Gasteiger partial charge in [-0.15, -0.1) is 0 Å². The van der Waals surface area contributed by atoms with E-state index in [9.17, 15) is 24.6 Å². The highest BCUT2D eigenvalue weighted by atomic mass is 16.5. The Labute approximate surface area is 171 Å². The van der Waals surface area contributed by atoms with Gasteiger partial charge in [0.15, 0.2) is 0 Å².